The van der Waals surface area contributed by atoms with E-state index in [1.807, 2.05) is 23.1 Å². The molecule has 1 N–H and O–H groups in total. The standard InChI is InChI=1S/C18H21N3O3/c22-18(21-7-3-1-2-4-8-21)14-12-19-20-17(14)13-5-6-15-16(11-13)24-10-9-23-15/h5-6,11-12H,1-4,7-10H2,(H,19,20). The maximum atomic E-state index is 12.9. The van der Waals surface area contributed by atoms with Gasteiger partial charge in [-0.1, -0.05) is 12.8 Å². The zero-order valence-electron chi connectivity index (χ0n) is 13.6. The molecule has 6 heteroatoms. The number of fused-ring (bicyclic) bond motifs is 1. The number of hydrogen-bond acceptors (Lipinski definition) is 4. The van der Waals surface area contributed by atoms with Gasteiger partial charge in [-0.05, 0) is 31.0 Å². The molecule has 2 aliphatic heterocycles. The summed E-state index contributed by atoms with van der Waals surface area (Å²) in [5, 5.41) is 7.08. The lowest BCUT2D eigenvalue weighted by atomic mass is 10.1. The third-order valence-electron chi connectivity index (χ3n) is 4.59. The van der Waals surface area contributed by atoms with Crippen LogP contribution in [0.25, 0.3) is 11.3 Å². The highest BCUT2D eigenvalue weighted by Crippen LogP contribution is 2.35. The number of carbonyl (C=O) groups is 1. The third kappa shape index (κ3) is 2.84. The van der Waals surface area contributed by atoms with Crippen molar-refractivity contribution in [3.8, 4) is 22.8 Å². The minimum absolute atomic E-state index is 0.0514. The Morgan fingerprint density at radius 3 is 2.58 bits per heavy atom. The Kier molecular flexibility index (Phi) is 4.11. The molecule has 2 aromatic rings. The molecule has 0 spiro atoms. The van der Waals surface area contributed by atoms with Crippen LogP contribution in [0, 0.1) is 0 Å². The molecule has 0 aliphatic carbocycles. The molecule has 0 bridgehead atoms. The smallest absolute Gasteiger partial charge is 0.257 e. The molecule has 0 saturated carbocycles. The van der Waals surface area contributed by atoms with Gasteiger partial charge in [0.25, 0.3) is 5.91 Å². The van der Waals surface area contributed by atoms with Crippen molar-refractivity contribution in [2.75, 3.05) is 26.3 Å². The van der Waals surface area contributed by atoms with E-state index >= 15 is 0 Å². The van der Waals surface area contributed by atoms with Crippen LogP contribution in [0.1, 0.15) is 36.0 Å². The first-order chi connectivity index (χ1) is 11.8. The fourth-order valence-corrected chi connectivity index (χ4v) is 3.31. The minimum Gasteiger partial charge on any atom is -0.486 e. The molecule has 126 valence electrons. The van der Waals surface area contributed by atoms with Crippen LogP contribution in [0.2, 0.25) is 0 Å². The highest BCUT2D eigenvalue weighted by molar-refractivity contribution is 5.99. The number of rotatable bonds is 2. The summed E-state index contributed by atoms with van der Waals surface area (Å²) < 4.78 is 11.2. The average Bonchev–Trinajstić information content (AvgIpc) is 2.95. The van der Waals surface area contributed by atoms with Crippen molar-refractivity contribution in [1.29, 1.82) is 0 Å². The van der Waals surface area contributed by atoms with Crippen LogP contribution in [0.5, 0.6) is 11.5 Å². The quantitative estimate of drug-likeness (QED) is 0.921. The van der Waals surface area contributed by atoms with Crippen LogP contribution in [0.15, 0.2) is 24.4 Å². The Hall–Kier alpha value is -2.50. The summed E-state index contributed by atoms with van der Waals surface area (Å²) in [5.74, 6) is 1.50. The van der Waals surface area contributed by atoms with E-state index in [-0.39, 0.29) is 5.91 Å². The van der Waals surface area contributed by atoms with E-state index in [2.05, 4.69) is 10.2 Å². The molecule has 6 nitrogen and oxygen atoms in total. The second-order valence-electron chi connectivity index (χ2n) is 6.22. The second kappa shape index (κ2) is 6.55. The van der Waals surface area contributed by atoms with Crippen molar-refractivity contribution in [3.05, 3.63) is 30.0 Å². The number of nitrogens with one attached hydrogen (secondary N) is 1. The average molecular weight is 327 g/mol. The Morgan fingerprint density at radius 2 is 1.79 bits per heavy atom. The van der Waals surface area contributed by atoms with E-state index in [9.17, 15) is 4.79 Å². The molecule has 0 radical (unpaired) electrons. The van der Waals surface area contributed by atoms with Gasteiger partial charge in [0.2, 0.25) is 0 Å². The predicted molar refractivity (Wildman–Crippen MR) is 89.4 cm³/mol. The van der Waals surface area contributed by atoms with Crippen LogP contribution in [-0.4, -0.2) is 47.3 Å². The number of likely N-dealkylation sites (tertiary alicyclic amines) is 1. The largest absolute Gasteiger partial charge is 0.486 e. The van der Waals surface area contributed by atoms with Gasteiger partial charge in [0.05, 0.1) is 17.5 Å². The van der Waals surface area contributed by atoms with E-state index in [1.54, 1.807) is 6.20 Å². The molecular weight excluding hydrogens is 306 g/mol. The summed E-state index contributed by atoms with van der Waals surface area (Å²) in [6.07, 6.45) is 6.17. The molecule has 1 fully saturated rings. The third-order valence-corrected chi connectivity index (χ3v) is 4.59. The Balaban J connectivity index is 1.63. The summed E-state index contributed by atoms with van der Waals surface area (Å²) in [6.45, 7) is 2.75. The van der Waals surface area contributed by atoms with Gasteiger partial charge in [0.1, 0.15) is 13.2 Å². The fourth-order valence-electron chi connectivity index (χ4n) is 3.31. The zero-order valence-corrected chi connectivity index (χ0v) is 13.6. The van der Waals surface area contributed by atoms with E-state index in [0.29, 0.717) is 24.5 Å². The van der Waals surface area contributed by atoms with Gasteiger partial charge < -0.3 is 14.4 Å². The van der Waals surface area contributed by atoms with E-state index in [4.69, 9.17) is 9.47 Å². The van der Waals surface area contributed by atoms with E-state index in [0.717, 1.165) is 42.9 Å². The molecule has 4 rings (SSSR count). The number of ether oxygens (including phenoxy) is 2. The Bertz CT molecular complexity index is 733. The minimum atomic E-state index is 0.0514. The molecular formula is C18H21N3O3. The molecule has 1 aromatic carbocycles. The molecule has 3 heterocycles. The number of aromatic amines is 1. The molecule has 1 amide bonds. The van der Waals surface area contributed by atoms with Crippen molar-refractivity contribution in [1.82, 2.24) is 15.1 Å². The van der Waals surface area contributed by atoms with Gasteiger partial charge in [-0.2, -0.15) is 5.10 Å². The lowest BCUT2D eigenvalue weighted by Crippen LogP contribution is -2.31. The van der Waals surface area contributed by atoms with Gasteiger partial charge in [-0.3, -0.25) is 9.89 Å². The van der Waals surface area contributed by atoms with Crippen molar-refractivity contribution in [2.24, 2.45) is 0 Å². The zero-order chi connectivity index (χ0) is 16.4. The van der Waals surface area contributed by atoms with Crippen LogP contribution in [0.4, 0.5) is 0 Å². The summed E-state index contributed by atoms with van der Waals surface area (Å²) in [7, 11) is 0. The highest BCUT2D eigenvalue weighted by atomic mass is 16.6. The number of amides is 1. The van der Waals surface area contributed by atoms with Crippen molar-refractivity contribution < 1.29 is 14.3 Å². The summed E-state index contributed by atoms with van der Waals surface area (Å²) in [4.78, 5) is 14.9. The van der Waals surface area contributed by atoms with Gasteiger partial charge in [0, 0.05) is 18.7 Å². The first-order valence-corrected chi connectivity index (χ1v) is 8.55. The van der Waals surface area contributed by atoms with Gasteiger partial charge in [0.15, 0.2) is 11.5 Å². The SMILES string of the molecule is O=C(c1cn[nH]c1-c1ccc2c(c1)OCCO2)N1CCCCCC1. The second-order valence-corrected chi connectivity index (χ2v) is 6.22. The first kappa shape index (κ1) is 15.1. The highest BCUT2D eigenvalue weighted by Gasteiger charge is 2.23. The molecule has 0 atom stereocenters. The van der Waals surface area contributed by atoms with Crippen LogP contribution in [-0.2, 0) is 0 Å². The van der Waals surface area contributed by atoms with Gasteiger partial charge >= 0.3 is 0 Å². The number of hydrogen-bond donors (Lipinski definition) is 1. The molecule has 24 heavy (non-hydrogen) atoms. The van der Waals surface area contributed by atoms with Gasteiger partial charge in [-0.25, -0.2) is 0 Å². The number of carbonyl (C=O) groups excluding carboxylic acids is 1. The number of aromatic nitrogens is 2. The summed E-state index contributed by atoms with van der Waals surface area (Å²) in [5.41, 5.74) is 2.24. The Labute approximate surface area is 140 Å². The van der Waals surface area contributed by atoms with E-state index < -0.39 is 0 Å². The Morgan fingerprint density at radius 1 is 1.04 bits per heavy atom. The summed E-state index contributed by atoms with van der Waals surface area (Å²) >= 11 is 0. The van der Waals surface area contributed by atoms with Crippen LogP contribution in [0.3, 0.4) is 0 Å². The molecule has 2 aliphatic rings. The number of benzene rings is 1. The van der Waals surface area contributed by atoms with Crippen LogP contribution < -0.4 is 9.47 Å². The van der Waals surface area contributed by atoms with Gasteiger partial charge in [-0.15, -0.1) is 0 Å². The molecule has 1 saturated heterocycles. The first-order valence-electron chi connectivity index (χ1n) is 8.55. The predicted octanol–water partition coefficient (Wildman–Crippen LogP) is 2.86. The molecule has 1 aromatic heterocycles. The lowest BCUT2D eigenvalue weighted by Gasteiger charge is -2.21. The normalized spacial score (nSPS) is 17.4. The summed E-state index contributed by atoms with van der Waals surface area (Å²) in [6, 6.07) is 5.71. The topological polar surface area (TPSA) is 67.5 Å². The number of nitrogens with zero attached hydrogens (tertiary/aromatic N) is 2. The van der Waals surface area contributed by atoms with Crippen molar-refractivity contribution in [3.63, 3.8) is 0 Å². The fraction of sp³-hybridized carbons (Fsp3) is 0.444. The maximum absolute atomic E-state index is 12.9. The maximum Gasteiger partial charge on any atom is 0.257 e. The van der Waals surface area contributed by atoms with Crippen molar-refractivity contribution >= 4 is 5.91 Å². The van der Waals surface area contributed by atoms with Crippen molar-refractivity contribution in [2.45, 2.75) is 25.7 Å². The molecule has 0 unspecified atom stereocenters. The lowest BCUT2D eigenvalue weighted by molar-refractivity contribution is 0.0762. The van der Waals surface area contributed by atoms with Crippen LogP contribution >= 0.6 is 0 Å². The number of H-pyrrole nitrogens is 1. The van der Waals surface area contributed by atoms with E-state index in [1.165, 1.54) is 12.8 Å². The monoisotopic (exact) mass is 327 g/mol.